The molecule has 3 rings (SSSR count). The lowest BCUT2D eigenvalue weighted by Gasteiger charge is -2.16. The normalized spacial score (nSPS) is 11.2. The molecule has 134 valence electrons. The van der Waals surface area contributed by atoms with E-state index < -0.39 is 11.2 Å². The van der Waals surface area contributed by atoms with E-state index >= 15 is 0 Å². The first-order chi connectivity index (χ1) is 12.1. The molecule has 0 saturated carbocycles. The molecule has 0 aliphatic carbocycles. The van der Waals surface area contributed by atoms with Crippen molar-refractivity contribution in [3.8, 4) is 11.1 Å². The van der Waals surface area contributed by atoms with Gasteiger partial charge < -0.3 is 0 Å². The lowest BCUT2D eigenvalue weighted by molar-refractivity contribution is 0.101. The molecule has 0 N–H and O–H groups in total. The number of fused-ring (bicyclic) bond motifs is 1. The molecule has 6 heteroatoms. The van der Waals surface area contributed by atoms with Crippen LogP contribution in [0.1, 0.15) is 34.1 Å². The molecule has 0 aliphatic heterocycles. The van der Waals surface area contributed by atoms with E-state index in [1.54, 1.807) is 14.0 Å². The molecule has 0 fully saturated rings. The second-order valence-electron chi connectivity index (χ2n) is 6.71. The lowest BCUT2D eigenvalue weighted by Crippen LogP contribution is -2.38. The van der Waals surface area contributed by atoms with Crippen LogP contribution in [0, 0.1) is 20.8 Å². The smallest absolute Gasteiger partial charge is 0.294 e. The molecule has 0 spiro atoms. The van der Waals surface area contributed by atoms with Crippen molar-refractivity contribution in [1.29, 1.82) is 0 Å². The van der Waals surface area contributed by atoms with E-state index in [0.717, 1.165) is 21.3 Å². The Hall–Kier alpha value is -3.02. The molecular formula is C20H21N3O3. The van der Waals surface area contributed by atoms with Gasteiger partial charge in [-0.05, 0) is 44.4 Å². The Morgan fingerprint density at radius 1 is 1.00 bits per heavy atom. The Kier molecular flexibility index (Phi) is 4.14. The zero-order valence-electron chi connectivity index (χ0n) is 15.8. The molecule has 2 heterocycles. The van der Waals surface area contributed by atoms with E-state index in [4.69, 9.17) is 0 Å². The number of benzene rings is 1. The molecular weight excluding hydrogens is 330 g/mol. The highest BCUT2D eigenvalue weighted by molar-refractivity contribution is 6.09. The Morgan fingerprint density at radius 2 is 1.65 bits per heavy atom. The summed E-state index contributed by atoms with van der Waals surface area (Å²) in [5.74, 6) is -0.166. The molecule has 3 aromatic rings. The summed E-state index contributed by atoms with van der Waals surface area (Å²) < 4.78 is 2.39. The van der Waals surface area contributed by atoms with Gasteiger partial charge in [0.15, 0.2) is 5.78 Å². The fourth-order valence-corrected chi connectivity index (χ4v) is 3.32. The summed E-state index contributed by atoms with van der Waals surface area (Å²) in [6.07, 6.45) is 0. The summed E-state index contributed by atoms with van der Waals surface area (Å²) in [6, 6.07) is 5.82. The number of nitrogens with zero attached hydrogens (tertiary/aromatic N) is 3. The van der Waals surface area contributed by atoms with Gasteiger partial charge in [0.1, 0.15) is 5.65 Å². The van der Waals surface area contributed by atoms with Crippen molar-refractivity contribution >= 4 is 16.8 Å². The third kappa shape index (κ3) is 2.49. The molecule has 0 bridgehead atoms. The maximum absolute atomic E-state index is 12.9. The van der Waals surface area contributed by atoms with E-state index in [2.05, 4.69) is 4.98 Å². The topological polar surface area (TPSA) is 74.0 Å². The largest absolute Gasteiger partial charge is 0.332 e. The number of Topliss-reactive ketones (excluding diaryl/α,β-unsaturated/α-hetero) is 1. The van der Waals surface area contributed by atoms with Crippen molar-refractivity contribution in [2.45, 2.75) is 27.7 Å². The first-order valence-electron chi connectivity index (χ1n) is 8.34. The number of pyridine rings is 1. The van der Waals surface area contributed by atoms with Crippen LogP contribution in [0.5, 0.6) is 0 Å². The second-order valence-corrected chi connectivity index (χ2v) is 6.71. The van der Waals surface area contributed by atoms with Gasteiger partial charge in [-0.1, -0.05) is 18.2 Å². The summed E-state index contributed by atoms with van der Waals surface area (Å²) >= 11 is 0. The van der Waals surface area contributed by atoms with Gasteiger partial charge in [-0.3, -0.25) is 18.7 Å². The van der Waals surface area contributed by atoms with Crippen LogP contribution in [0.4, 0.5) is 0 Å². The molecule has 1 aromatic carbocycles. The minimum absolute atomic E-state index is 0.166. The molecule has 0 atom stereocenters. The van der Waals surface area contributed by atoms with E-state index in [-0.39, 0.29) is 16.8 Å². The number of rotatable bonds is 2. The molecule has 2 aromatic heterocycles. The number of hydrogen-bond donors (Lipinski definition) is 0. The minimum Gasteiger partial charge on any atom is -0.294 e. The van der Waals surface area contributed by atoms with Gasteiger partial charge in [-0.15, -0.1) is 0 Å². The third-order valence-electron chi connectivity index (χ3n) is 4.92. The van der Waals surface area contributed by atoms with Gasteiger partial charge in [0.05, 0.1) is 11.1 Å². The van der Waals surface area contributed by atoms with Crippen LogP contribution in [0.3, 0.4) is 0 Å². The maximum Gasteiger partial charge on any atom is 0.332 e. The fourth-order valence-electron chi connectivity index (χ4n) is 3.32. The average Bonchev–Trinajstić information content (AvgIpc) is 2.59. The van der Waals surface area contributed by atoms with Crippen LogP contribution < -0.4 is 11.2 Å². The lowest BCUT2D eigenvalue weighted by atomic mass is 9.92. The van der Waals surface area contributed by atoms with E-state index in [1.165, 1.54) is 18.5 Å². The van der Waals surface area contributed by atoms with Crippen LogP contribution >= 0.6 is 0 Å². The maximum atomic E-state index is 12.9. The number of carbonyl (C=O) groups is 1. The summed E-state index contributed by atoms with van der Waals surface area (Å²) in [4.78, 5) is 42.0. The second kappa shape index (κ2) is 6.05. The first kappa shape index (κ1) is 17.8. The van der Waals surface area contributed by atoms with Crippen molar-refractivity contribution in [2.24, 2.45) is 14.1 Å². The number of carbonyl (C=O) groups excluding carboxylic acids is 1. The first-order valence-corrected chi connectivity index (χ1v) is 8.34. The molecule has 0 unspecified atom stereocenters. The quantitative estimate of drug-likeness (QED) is 0.665. The van der Waals surface area contributed by atoms with Gasteiger partial charge in [0.2, 0.25) is 0 Å². The summed E-state index contributed by atoms with van der Waals surface area (Å²) in [5, 5.41) is 0.286. The van der Waals surface area contributed by atoms with Gasteiger partial charge in [-0.2, -0.15) is 0 Å². The highest BCUT2D eigenvalue weighted by atomic mass is 16.2. The fraction of sp³-hybridized carbons (Fsp3) is 0.300. The van der Waals surface area contributed by atoms with E-state index in [1.807, 2.05) is 32.0 Å². The molecule has 0 saturated heterocycles. The SMILES string of the molecule is CC(=O)c1c(C)nc2c(c1-c1ccc(C)c(C)c1)c(=O)n(C)c(=O)n2C. The molecule has 0 aliphatic rings. The summed E-state index contributed by atoms with van der Waals surface area (Å²) in [5.41, 5.74) is 3.78. The van der Waals surface area contributed by atoms with Crippen LogP contribution in [0.25, 0.3) is 22.2 Å². The molecule has 0 radical (unpaired) electrons. The van der Waals surface area contributed by atoms with Gasteiger partial charge in [0, 0.05) is 25.2 Å². The zero-order valence-corrected chi connectivity index (χ0v) is 15.8. The van der Waals surface area contributed by atoms with Crippen molar-refractivity contribution in [1.82, 2.24) is 14.1 Å². The van der Waals surface area contributed by atoms with Crippen molar-refractivity contribution in [3.05, 3.63) is 61.4 Å². The highest BCUT2D eigenvalue weighted by Gasteiger charge is 2.23. The molecule has 0 amide bonds. The highest BCUT2D eigenvalue weighted by Crippen LogP contribution is 2.32. The standard InChI is InChI=1S/C20H21N3O3/c1-10-7-8-14(9-11(10)2)16-15(13(4)24)12(3)21-18-17(16)19(25)23(6)20(26)22(18)5/h7-9H,1-6H3. The minimum atomic E-state index is -0.452. The number of ketones is 1. The Morgan fingerprint density at radius 3 is 2.23 bits per heavy atom. The summed E-state index contributed by atoms with van der Waals surface area (Å²) in [7, 11) is 3.01. The Balaban J connectivity index is 2.67. The van der Waals surface area contributed by atoms with Crippen molar-refractivity contribution in [2.75, 3.05) is 0 Å². The third-order valence-corrected chi connectivity index (χ3v) is 4.92. The number of hydrogen-bond acceptors (Lipinski definition) is 4. The van der Waals surface area contributed by atoms with Gasteiger partial charge in [0.25, 0.3) is 5.56 Å². The van der Waals surface area contributed by atoms with E-state index in [0.29, 0.717) is 16.8 Å². The molecule has 26 heavy (non-hydrogen) atoms. The monoisotopic (exact) mass is 351 g/mol. The van der Waals surface area contributed by atoms with Gasteiger partial charge >= 0.3 is 5.69 Å². The van der Waals surface area contributed by atoms with Crippen LogP contribution in [-0.2, 0) is 14.1 Å². The van der Waals surface area contributed by atoms with Crippen LogP contribution in [-0.4, -0.2) is 19.9 Å². The van der Waals surface area contributed by atoms with Crippen molar-refractivity contribution < 1.29 is 4.79 Å². The number of aromatic nitrogens is 3. The molecule has 6 nitrogen and oxygen atoms in total. The van der Waals surface area contributed by atoms with Crippen molar-refractivity contribution in [3.63, 3.8) is 0 Å². The summed E-state index contributed by atoms with van der Waals surface area (Å²) in [6.45, 7) is 7.18. The number of aryl methyl sites for hydroxylation is 4. The Bertz CT molecular complexity index is 1200. The predicted octanol–water partition coefficient (Wildman–Crippen LogP) is 2.43. The Labute approximate surface area is 150 Å². The van der Waals surface area contributed by atoms with Crippen LogP contribution in [0.15, 0.2) is 27.8 Å². The zero-order chi connectivity index (χ0) is 19.3. The van der Waals surface area contributed by atoms with E-state index in [9.17, 15) is 14.4 Å². The predicted molar refractivity (Wildman–Crippen MR) is 102 cm³/mol. The average molecular weight is 351 g/mol. The van der Waals surface area contributed by atoms with Crippen LogP contribution in [0.2, 0.25) is 0 Å². The van der Waals surface area contributed by atoms with Gasteiger partial charge in [-0.25, -0.2) is 9.78 Å².